The van der Waals surface area contributed by atoms with Crippen LogP contribution in [0.3, 0.4) is 0 Å². The van der Waals surface area contributed by atoms with E-state index in [9.17, 15) is 9.90 Å². The van der Waals surface area contributed by atoms with Crippen LogP contribution in [0.25, 0.3) is 32.6 Å². The first-order valence-corrected chi connectivity index (χ1v) is 11.9. The third-order valence-corrected chi connectivity index (χ3v) is 6.51. The minimum absolute atomic E-state index is 0.294. The minimum atomic E-state index is -0.919. The Morgan fingerprint density at radius 3 is 2.69 bits per heavy atom. The van der Waals surface area contributed by atoms with Gasteiger partial charge in [-0.15, -0.1) is 0 Å². The van der Waals surface area contributed by atoms with E-state index in [1.807, 2.05) is 50.4 Å². The van der Waals surface area contributed by atoms with Gasteiger partial charge in [0.15, 0.2) is 11.2 Å². The second kappa shape index (κ2) is 9.61. The lowest BCUT2D eigenvalue weighted by Gasteiger charge is -2.11. The van der Waals surface area contributed by atoms with Crippen molar-refractivity contribution in [3.63, 3.8) is 0 Å². The molecule has 0 radical (unpaired) electrons. The third kappa shape index (κ3) is 4.61. The molecule has 0 spiro atoms. The largest absolute Gasteiger partial charge is 0.379 e. The van der Waals surface area contributed by atoms with Crippen molar-refractivity contribution in [3.8, 4) is 22.4 Å². The molecule has 10 heteroatoms. The Balaban J connectivity index is 1.54. The van der Waals surface area contributed by atoms with E-state index in [1.54, 1.807) is 35.4 Å². The van der Waals surface area contributed by atoms with Crippen molar-refractivity contribution in [3.05, 3.63) is 78.8 Å². The molecule has 2 amide bonds. The van der Waals surface area contributed by atoms with Gasteiger partial charge < -0.3 is 15.0 Å². The predicted molar refractivity (Wildman–Crippen MR) is 136 cm³/mol. The van der Waals surface area contributed by atoms with Gasteiger partial charge in [0.1, 0.15) is 5.82 Å². The summed E-state index contributed by atoms with van der Waals surface area (Å²) in [6.07, 6.45) is 5.98. The molecule has 176 valence electrons. The van der Waals surface area contributed by atoms with E-state index >= 15 is 0 Å². The number of nitrogens with one attached hydrogen (secondary N) is 2. The number of amides is 2. The van der Waals surface area contributed by atoms with Crippen LogP contribution in [0, 0.1) is 0 Å². The lowest BCUT2D eigenvalue weighted by Crippen LogP contribution is -2.28. The van der Waals surface area contributed by atoms with Gasteiger partial charge in [0.25, 0.3) is 0 Å². The Hall–Kier alpha value is -4.15. The Bertz CT molecular complexity index is 1480. The fourth-order valence-corrected chi connectivity index (χ4v) is 4.74. The molecule has 9 nitrogen and oxygen atoms in total. The first-order valence-electron chi connectivity index (χ1n) is 11.1. The normalized spacial score (nSPS) is 12.0. The van der Waals surface area contributed by atoms with Gasteiger partial charge in [0.05, 0.1) is 21.6 Å². The van der Waals surface area contributed by atoms with Crippen LogP contribution in [-0.4, -0.2) is 42.2 Å². The number of aliphatic hydroxyl groups excluding tert-OH is 1. The molecule has 0 aliphatic heterocycles. The number of carbonyl (C=O) groups is 1. The number of thiazole rings is 1. The van der Waals surface area contributed by atoms with E-state index in [-0.39, 0.29) is 6.03 Å². The smallest absolute Gasteiger partial charge is 0.321 e. The maximum absolute atomic E-state index is 12.0. The summed E-state index contributed by atoms with van der Waals surface area (Å²) in [5.41, 5.74) is 4.75. The molecule has 0 saturated heterocycles. The van der Waals surface area contributed by atoms with Crippen LogP contribution in [0.2, 0.25) is 0 Å². The number of nitrogens with zero attached hydrogens (tertiary/aromatic N) is 5. The first kappa shape index (κ1) is 22.6. The number of fused-ring (bicyclic) bond motifs is 1. The average Bonchev–Trinajstić information content (AvgIpc) is 3.49. The number of aromatic nitrogens is 5. The first-order chi connectivity index (χ1) is 17.0. The zero-order chi connectivity index (χ0) is 24.4. The second-order valence-corrected chi connectivity index (χ2v) is 8.86. The number of aryl methyl sites for hydroxylation is 1. The summed E-state index contributed by atoms with van der Waals surface area (Å²) >= 11 is 1.40. The van der Waals surface area contributed by atoms with E-state index in [0.717, 1.165) is 32.6 Å². The molecule has 5 rings (SSSR count). The van der Waals surface area contributed by atoms with Gasteiger partial charge in [-0.05, 0) is 42.8 Å². The number of urea groups is 1. The minimum Gasteiger partial charge on any atom is -0.379 e. The summed E-state index contributed by atoms with van der Waals surface area (Å²) in [7, 11) is 1.83. The molecule has 3 N–H and O–H groups in total. The van der Waals surface area contributed by atoms with Crippen molar-refractivity contribution in [1.82, 2.24) is 29.8 Å². The van der Waals surface area contributed by atoms with Gasteiger partial charge in [-0.3, -0.25) is 15.3 Å². The zero-order valence-corrected chi connectivity index (χ0v) is 20.0. The fourth-order valence-electron chi connectivity index (χ4n) is 3.78. The topological polar surface area (TPSA) is 118 Å². The van der Waals surface area contributed by atoms with E-state index in [0.29, 0.717) is 23.2 Å². The van der Waals surface area contributed by atoms with E-state index in [2.05, 4.69) is 30.6 Å². The summed E-state index contributed by atoms with van der Waals surface area (Å²) in [5.74, 6) is 0.527. The number of rotatable bonds is 6. The molecule has 4 heterocycles. The Morgan fingerprint density at radius 1 is 1.11 bits per heavy atom. The van der Waals surface area contributed by atoms with E-state index in [4.69, 9.17) is 0 Å². The maximum Gasteiger partial charge on any atom is 0.321 e. The molecular weight excluding hydrogens is 462 g/mol. The number of aliphatic hydroxyl groups is 1. The van der Waals surface area contributed by atoms with Gasteiger partial charge in [-0.2, -0.15) is 0 Å². The quantitative estimate of drug-likeness (QED) is 0.329. The van der Waals surface area contributed by atoms with Crippen LogP contribution in [0.15, 0.2) is 67.3 Å². The monoisotopic (exact) mass is 485 g/mol. The summed E-state index contributed by atoms with van der Waals surface area (Å²) in [4.78, 5) is 29.9. The average molecular weight is 486 g/mol. The highest BCUT2D eigenvalue weighted by atomic mass is 32.1. The molecule has 1 aromatic carbocycles. The molecule has 0 aliphatic rings. The van der Waals surface area contributed by atoms with Crippen molar-refractivity contribution < 1.29 is 9.90 Å². The highest BCUT2D eigenvalue weighted by Gasteiger charge is 2.18. The highest BCUT2D eigenvalue weighted by Crippen LogP contribution is 2.38. The molecule has 0 fully saturated rings. The number of imidazole rings is 1. The van der Waals surface area contributed by atoms with Crippen molar-refractivity contribution in [1.29, 1.82) is 0 Å². The second-order valence-electron chi connectivity index (χ2n) is 7.86. The number of hydrogen-bond donors (Lipinski definition) is 3. The lowest BCUT2D eigenvalue weighted by atomic mass is 10.0. The summed E-state index contributed by atoms with van der Waals surface area (Å²) < 4.78 is 2.69. The van der Waals surface area contributed by atoms with Crippen LogP contribution in [0.1, 0.15) is 24.5 Å². The van der Waals surface area contributed by atoms with Crippen molar-refractivity contribution in [2.45, 2.75) is 13.0 Å². The molecule has 1 atom stereocenters. The van der Waals surface area contributed by atoms with Crippen molar-refractivity contribution in [2.75, 3.05) is 11.9 Å². The van der Waals surface area contributed by atoms with Gasteiger partial charge in [-0.25, -0.2) is 14.8 Å². The third-order valence-electron chi connectivity index (χ3n) is 5.49. The summed E-state index contributed by atoms with van der Waals surface area (Å²) in [5, 5.41) is 16.7. The summed E-state index contributed by atoms with van der Waals surface area (Å²) in [6.45, 7) is 2.38. The molecule has 0 aliphatic carbocycles. The molecule has 0 saturated carbocycles. The molecular formula is C25H23N7O2S. The maximum atomic E-state index is 12.0. The highest BCUT2D eigenvalue weighted by molar-refractivity contribution is 7.22. The fraction of sp³-hybridized carbons (Fsp3) is 0.160. The zero-order valence-electron chi connectivity index (χ0n) is 19.1. The number of pyridine rings is 2. The van der Waals surface area contributed by atoms with Crippen LogP contribution < -0.4 is 10.6 Å². The molecule has 0 bridgehead atoms. The summed E-state index contributed by atoms with van der Waals surface area (Å²) in [6, 6.07) is 13.2. The van der Waals surface area contributed by atoms with Crippen LogP contribution in [-0.2, 0) is 7.05 Å². The molecule has 5 aromatic rings. The van der Waals surface area contributed by atoms with Crippen LogP contribution in [0.4, 0.5) is 9.93 Å². The predicted octanol–water partition coefficient (Wildman–Crippen LogP) is 4.38. The number of hydrogen-bond acceptors (Lipinski definition) is 7. The SMILES string of the molecule is CCNC(=O)Nc1nc2cc(-c3ccc(C(O)c4nccn4C)nc3)cc(-c3ccccn3)c2s1. The number of anilines is 1. The van der Waals surface area contributed by atoms with Gasteiger partial charge in [0, 0.05) is 49.5 Å². The Kier molecular flexibility index (Phi) is 6.21. The molecule has 35 heavy (non-hydrogen) atoms. The standard InChI is InChI=1S/C25H23N7O2S/c1-3-26-24(34)31-25-30-20-13-16(12-17(22(20)35-25)18-6-4-5-9-27-18)15-7-8-19(29-14-15)21(33)23-28-10-11-32(23)2/h4-14,21,33H,3H2,1-2H3,(H2,26,30,31,34). The van der Waals surface area contributed by atoms with Gasteiger partial charge >= 0.3 is 6.03 Å². The van der Waals surface area contributed by atoms with Crippen LogP contribution in [0.5, 0.6) is 0 Å². The molecule has 4 aromatic heterocycles. The van der Waals surface area contributed by atoms with Gasteiger partial charge in [-0.1, -0.05) is 23.5 Å². The number of carbonyl (C=O) groups excluding carboxylic acids is 1. The molecule has 1 unspecified atom stereocenters. The van der Waals surface area contributed by atoms with Gasteiger partial charge in [0.2, 0.25) is 0 Å². The van der Waals surface area contributed by atoms with Crippen molar-refractivity contribution >= 4 is 32.7 Å². The van der Waals surface area contributed by atoms with Crippen LogP contribution >= 0.6 is 11.3 Å². The lowest BCUT2D eigenvalue weighted by molar-refractivity contribution is 0.201. The Labute approximate surface area is 205 Å². The van der Waals surface area contributed by atoms with E-state index in [1.165, 1.54) is 11.3 Å². The van der Waals surface area contributed by atoms with Crippen molar-refractivity contribution in [2.24, 2.45) is 7.05 Å². The van der Waals surface area contributed by atoms with E-state index < -0.39 is 6.10 Å². The number of benzene rings is 1. The Morgan fingerprint density at radius 2 is 2.00 bits per heavy atom.